The first-order valence-electron chi connectivity index (χ1n) is 9.91. The van der Waals surface area contributed by atoms with Gasteiger partial charge in [-0.3, -0.25) is 9.69 Å². The van der Waals surface area contributed by atoms with Gasteiger partial charge in [0, 0.05) is 39.6 Å². The number of oxazole rings is 1. The predicted molar refractivity (Wildman–Crippen MR) is 113 cm³/mol. The molecule has 0 aliphatic carbocycles. The van der Waals surface area contributed by atoms with Gasteiger partial charge in [0.1, 0.15) is 18.4 Å². The number of carbonyl (C=O) groups is 1. The number of hydrogen-bond acceptors (Lipinski definition) is 7. The molecule has 1 aromatic carbocycles. The Labute approximate surface area is 176 Å². The Morgan fingerprint density at radius 1 is 1.33 bits per heavy atom. The van der Waals surface area contributed by atoms with Gasteiger partial charge in [0.25, 0.3) is 0 Å². The van der Waals surface area contributed by atoms with Crippen molar-refractivity contribution in [2.24, 2.45) is 0 Å². The van der Waals surface area contributed by atoms with Gasteiger partial charge >= 0.3 is 0 Å². The number of aromatic nitrogens is 1. The van der Waals surface area contributed by atoms with Crippen LogP contribution in [0.25, 0.3) is 0 Å². The van der Waals surface area contributed by atoms with Gasteiger partial charge in [-0.25, -0.2) is 4.98 Å². The van der Waals surface area contributed by atoms with Crippen LogP contribution < -0.4 is 9.64 Å². The summed E-state index contributed by atoms with van der Waals surface area (Å²) in [7, 11) is 1.94. The van der Waals surface area contributed by atoms with Crippen LogP contribution in [-0.4, -0.2) is 67.1 Å². The van der Waals surface area contributed by atoms with Crippen LogP contribution in [0.3, 0.4) is 0 Å². The fourth-order valence-corrected chi connectivity index (χ4v) is 3.41. The summed E-state index contributed by atoms with van der Waals surface area (Å²) in [5.74, 6) is 1.87. The topological polar surface area (TPSA) is 85.8 Å². The number of benzene rings is 1. The molecule has 158 valence electrons. The first kappa shape index (κ1) is 21.4. The molecule has 1 saturated heterocycles. The lowest BCUT2D eigenvalue weighted by Gasteiger charge is -2.35. The van der Waals surface area contributed by atoms with Crippen molar-refractivity contribution in [1.29, 1.82) is 5.26 Å². The summed E-state index contributed by atoms with van der Waals surface area (Å²) in [6.07, 6.45) is 1.71. The van der Waals surface area contributed by atoms with E-state index in [4.69, 9.17) is 9.15 Å². The summed E-state index contributed by atoms with van der Waals surface area (Å²) in [4.78, 5) is 22.6. The molecule has 0 atom stereocenters. The molecule has 2 heterocycles. The standard InChI is InChI=1S/C22H27N5O3/c1-4-13-29-19-7-5-18(6-8-19)15-25(3)16-21(28)26-9-11-27(12-10-26)22-20(14-23)24-17(2)30-22/h4-8H,1,9-13,15-16H2,2-3H3. The van der Waals surface area contributed by atoms with Crippen LogP contribution in [0.15, 0.2) is 41.3 Å². The third-order valence-corrected chi connectivity index (χ3v) is 4.89. The molecule has 0 N–H and O–H groups in total. The Morgan fingerprint density at radius 3 is 2.67 bits per heavy atom. The maximum atomic E-state index is 12.7. The molecule has 0 radical (unpaired) electrons. The highest BCUT2D eigenvalue weighted by Gasteiger charge is 2.26. The number of aryl methyl sites for hydroxylation is 1. The molecule has 0 spiro atoms. The smallest absolute Gasteiger partial charge is 0.236 e. The van der Waals surface area contributed by atoms with Crippen LogP contribution >= 0.6 is 0 Å². The number of anilines is 1. The van der Waals surface area contributed by atoms with E-state index in [0.717, 1.165) is 11.3 Å². The zero-order chi connectivity index (χ0) is 21.5. The number of ether oxygens (including phenoxy) is 1. The van der Waals surface area contributed by atoms with Crippen molar-refractivity contribution in [3.05, 3.63) is 54.1 Å². The molecular formula is C22H27N5O3. The number of piperazine rings is 1. The van der Waals surface area contributed by atoms with Crippen LogP contribution in [0.5, 0.6) is 5.75 Å². The second kappa shape index (κ2) is 9.94. The molecule has 1 fully saturated rings. The highest BCUT2D eigenvalue weighted by atomic mass is 16.5. The maximum Gasteiger partial charge on any atom is 0.236 e. The van der Waals surface area contributed by atoms with Gasteiger partial charge < -0.3 is 19.0 Å². The fourth-order valence-electron chi connectivity index (χ4n) is 3.41. The maximum absolute atomic E-state index is 12.7. The van der Waals surface area contributed by atoms with Gasteiger partial charge in [-0.1, -0.05) is 24.8 Å². The minimum absolute atomic E-state index is 0.0948. The van der Waals surface area contributed by atoms with Crippen molar-refractivity contribution in [3.63, 3.8) is 0 Å². The van der Waals surface area contributed by atoms with Gasteiger partial charge in [-0.2, -0.15) is 5.26 Å². The van der Waals surface area contributed by atoms with E-state index < -0.39 is 0 Å². The van der Waals surface area contributed by atoms with Crippen LogP contribution in [0.2, 0.25) is 0 Å². The second-order valence-electron chi connectivity index (χ2n) is 7.28. The summed E-state index contributed by atoms with van der Waals surface area (Å²) >= 11 is 0. The molecular weight excluding hydrogens is 382 g/mol. The van der Waals surface area contributed by atoms with E-state index >= 15 is 0 Å². The summed E-state index contributed by atoms with van der Waals surface area (Å²) in [6.45, 7) is 9.28. The van der Waals surface area contributed by atoms with Gasteiger partial charge in [0.2, 0.25) is 17.5 Å². The van der Waals surface area contributed by atoms with Gasteiger partial charge in [0.15, 0.2) is 5.89 Å². The van der Waals surface area contributed by atoms with Crippen LogP contribution in [0.4, 0.5) is 5.88 Å². The molecule has 1 aromatic heterocycles. The van der Waals surface area contributed by atoms with E-state index in [-0.39, 0.29) is 5.91 Å². The zero-order valence-electron chi connectivity index (χ0n) is 17.5. The quantitative estimate of drug-likeness (QED) is 0.618. The molecule has 1 amide bonds. The summed E-state index contributed by atoms with van der Waals surface area (Å²) < 4.78 is 11.1. The molecule has 3 rings (SSSR count). The van der Waals surface area contributed by atoms with Crippen molar-refractivity contribution < 1.29 is 13.9 Å². The number of carbonyl (C=O) groups excluding carboxylic acids is 1. The molecule has 8 nitrogen and oxygen atoms in total. The Bertz CT molecular complexity index is 908. The third-order valence-electron chi connectivity index (χ3n) is 4.89. The van der Waals surface area contributed by atoms with Crippen LogP contribution in [0, 0.1) is 18.3 Å². The summed E-state index contributed by atoms with van der Waals surface area (Å²) in [5.41, 5.74) is 1.42. The minimum atomic E-state index is 0.0948. The lowest BCUT2D eigenvalue weighted by atomic mass is 10.2. The molecule has 0 saturated carbocycles. The normalized spacial score (nSPS) is 13.9. The Morgan fingerprint density at radius 2 is 2.03 bits per heavy atom. The van der Waals surface area contributed by atoms with E-state index in [9.17, 15) is 10.1 Å². The third kappa shape index (κ3) is 5.39. The van der Waals surface area contributed by atoms with Crippen molar-refractivity contribution >= 4 is 11.8 Å². The average Bonchev–Trinajstić information content (AvgIpc) is 3.14. The molecule has 8 heteroatoms. The van der Waals surface area contributed by atoms with E-state index in [1.54, 1.807) is 13.0 Å². The summed E-state index contributed by atoms with van der Waals surface area (Å²) in [5, 5.41) is 9.20. The first-order valence-corrected chi connectivity index (χ1v) is 9.91. The van der Waals surface area contributed by atoms with Gasteiger partial charge in [-0.15, -0.1) is 0 Å². The molecule has 0 bridgehead atoms. The highest BCUT2D eigenvalue weighted by molar-refractivity contribution is 5.78. The minimum Gasteiger partial charge on any atom is -0.490 e. The van der Waals surface area contributed by atoms with Crippen molar-refractivity contribution in [3.8, 4) is 11.8 Å². The van der Waals surface area contributed by atoms with E-state index in [1.807, 2.05) is 46.0 Å². The number of amides is 1. The first-order chi connectivity index (χ1) is 14.5. The Balaban J connectivity index is 1.47. The van der Waals surface area contributed by atoms with E-state index in [0.29, 0.717) is 63.3 Å². The van der Waals surface area contributed by atoms with E-state index in [2.05, 4.69) is 17.6 Å². The van der Waals surface area contributed by atoms with Crippen LogP contribution in [0.1, 0.15) is 17.1 Å². The van der Waals surface area contributed by atoms with Crippen molar-refractivity contribution in [2.75, 3.05) is 51.3 Å². The number of likely N-dealkylation sites (N-methyl/N-ethyl adjacent to an activating group) is 1. The van der Waals surface area contributed by atoms with Crippen molar-refractivity contribution in [1.82, 2.24) is 14.8 Å². The molecule has 0 unspecified atom stereocenters. The molecule has 30 heavy (non-hydrogen) atoms. The lowest BCUT2D eigenvalue weighted by Crippen LogP contribution is -2.51. The second-order valence-corrected chi connectivity index (χ2v) is 7.28. The zero-order valence-corrected chi connectivity index (χ0v) is 17.5. The van der Waals surface area contributed by atoms with Gasteiger partial charge in [0.05, 0.1) is 6.54 Å². The Kier molecular flexibility index (Phi) is 7.09. The average molecular weight is 409 g/mol. The predicted octanol–water partition coefficient (Wildman–Crippen LogP) is 2.20. The highest BCUT2D eigenvalue weighted by Crippen LogP contribution is 2.22. The number of nitrogens with zero attached hydrogens (tertiary/aromatic N) is 5. The molecule has 1 aliphatic rings. The Hall–Kier alpha value is -3.31. The fraction of sp³-hybridized carbons (Fsp3) is 0.409. The number of hydrogen-bond donors (Lipinski definition) is 0. The number of rotatable bonds is 8. The summed E-state index contributed by atoms with van der Waals surface area (Å²) in [6, 6.07) is 9.92. The molecule has 1 aliphatic heterocycles. The van der Waals surface area contributed by atoms with Crippen LogP contribution in [-0.2, 0) is 11.3 Å². The van der Waals surface area contributed by atoms with Gasteiger partial charge in [-0.05, 0) is 24.7 Å². The van der Waals surface area contributed by atoms with E-state index in [1.165, 1.54) is 0 Å². The largest absolute Gasteiger partial charge is 0.490 e. The number of nitriles is 1. The van der Waals surface area contributed by atoms with Crippen molar-refractivity contribution in [2.45, 2.75) is 13.5 Å². The molecule has 2 aromatic rings. The lowest BCUT2D eigenvalue weighted by molar-refractivity contribution is -0.132. The SMILES string of the molecule is C=CCOc1ccc(CN(C)CC(=O)N2CCN(c3oc(C)nc3C#N)CC2)cc1. The monoisotopic (exact) mass is 409 g/mol.